The van der Waals surface area contributed by atoms with Crippen molar-refractivity contribution < 1.29 is 14.3 Å². The fourth-order valence-electron chi connectivity index (χ4n) is 4.64. The largest absolute Gasteiger partial charge is 0.379 e. The molecule has 0 saturated carbocycles. The van der Waals surface area contributed by atoms with Crippen molar-refractivity contribution >= 4 is 51.5 Å². The number of nitrogens with one attached hydrogen (secondary N) is 2. The van der Waals surface area contributed by atoms with Crippen molar-refractivity contribution in [3.8, 4) is 0 Å². The predicted octanol–water partition coefficient (Wildman–Crippen LogP) is 3.31. The Morgan fingerprint density at radius 3 is 2.73 bits per heavy atom. The number of halogens is 1. The number of fused-ring (bicyclic) bond motifs is 2. The SMILES string of the molecule is O=C(C=CC(=O)Nc1ccc2ncnc(N3CCc4ccc(Cl)cc43)c2c1)NCCCN1CCOCC1. The smallest absolute Gasteiger partial charge is 0.248 e. The van der Waals surface area contributed by atoms with Crippen LogP contribution in [0.5, 0.6) is 0 Å². The molecule has 0 atom stereocenters. The topological polar surface area (TPSA) is 99.7 Å². The van der Waals surface area contributed by atoms with Gasteiger partial charge in [-0.25, -0.2) is 9.97 Å². The molecule has 2 amide bonds. The number of carbonyl (C=O) groups excluding carboxylic acids is 2. The molecule has 9 nitrogen and oxygen atoms in total. The summed E-state index contributed by atoms with van der Waals surface area (Å²) in [7, 11) is 0. The van der Waals surface area contributed by atoms with Crippen molar-refractivity contribution in [2.75, 3.05) is 56.2 Å². The number of aromatic nitrogens is 2. The maximum absolute atomic E-state index is 12.5. The molecule has 1 aromatic heterocycles. The molecule has 10 heteroatoms. The first-order chi connectivity index (χ1) is 18.1. The number of rotatable bonds is 8. The number of hydrogen-bond acceptors (Lipinski definition) is 7. The van der Waals surface area contributed by atoms with Crippen molar-refractivity contribution in [2.45, 2.75) is 12.8 Å². The molecule has 0 aliphatic carbocycles. The fraction of sp³-hybridized carbons (Fsp3) is 0.333. The molecule has 0 bridgehead atoms. The lowest BCUT2D eigenvalue weighted by atomic mass is 10.1. The summed E-state index contributed by atoms with van der Waals surface area (Å²) in [6, 6.07) is 11.4. The lowest BCUT2D eigenvalue weighted by Gasteiger charge is -2.26. The van der Waals surface area contributed by atoms with Gasteiger partial charge in [-0.15, -0.1) is 0 Å². The van der Waals surface area contributed by atoms with Gasteiger partial charge < -0.3 is 20.3 Å². The van der Waals surface area contributed by atoms with Crippen LogP contribution in [-0.4, -0.2) is 72.6 Å². The Hall–Kier alpha value is -3.53. The van der Waals surface area contributed by atoms with E-state index < -0.39 is 0 Å². The predicted molar refractivity (Wildman–Crippen MR) is 144 cm³/mol. The monoisotopic (exact) mass is 520 g/mol. The minimum atomic E-state index is -0.389. The minimum absolute atomic E-state index is 0.294. The van der Waals surface area contributed by atoms with E-state index in [1.807, 2.05) is 30.3 Å². The molecule has 1 saturated heterocycles. The normalized spacial score (nSPS) is 15.8. The third-order valence-corrected chi connectivity index (χ3v) is 6.76. The summed E-state index contributed by atoms with van der Waals surface area (Å²) in [4.78, 5) is 37.9. The van der Waals surface area contributed by atoms with Gasteiger partial charge in [0.2, 0.25) is 11.8 Å². The van der Waals surface area contributed by atoms with Gasteiger partial charge in [-0.3, -0.25) is 14.5 Å². The summed E-state index contributed by atoms with van der Waals surface area (Å²) in [5.74, 6) is 0.0753. The van der Waals surface area contributed by atoms with E-state index in [1.165, 1.54) is 17.7 Å². The highest BCUT2D eigenvalue weighted by Gasteiger charge is 2.23. The van der Waals surface area contributed by atoms with Gasteiger partial charge in [-0.05, 0) is 55.3 Å². The van der Waals surface area contributed by atoms with E-state index in [1.54, 1.807) is 12.4 Å². The second kappa shape index (κ2) is 11.7. The molecule has 0 unspecified atom stereocenters. The first-order valence-corrected chi connectivity index (χ1v) is 12.8. The van der Waals surface area contributed by atoms with Crippen molar-refractivity contribution in [3.63, 3.8) is 0 Å². The Morgan fingerprint density at radius 1 is 1.03 bits per heavy atom. The number of ether oxygens (including phenoxy) is 1. The fourth-order valence-corrected chi connectivity index (χ4v) is 4.81. The Morgan fingerprint density at radius 2 is 1.86 bits per heavy atom. The standard InChI is InChI=1S/C27H29ClN6O3/c28-20-3-2-19-8-11-34(24(19)16-20)27-22-17-21(4-5-23(22)30-18-31-27)32-26(36)7-6-25(35)29-9-1-10-33-12-14-37-15-13-33/h2-7,16-18H,1,8-15H2,(H,29,35)(H,32,36). The van der Waals surface area contributed by atoms with Gasteiger partial charge in [-0.2, -0.15) is 0 Å². The maximum atomic E-state index is 12.5. The average molecular weight is 521 g/mol. The lowest BCUT2D eigenvalue weighted by molar-refractivity contribution is -0.117. The maximum Gasteiger partial charge on any atom is 0.248 e. The van der Waals surface area contributed by atoms with Crippen molar-refractivity contribution in [2.24, 2.45) is 0 Å². The van der Waals surface area contributed by atoms with Crippen LogP contribution < -0.4 is 15.5 Å². The molecule has 3 aromatic rings. The molecule has 192 valence electrons. The van der Waals surface area contributed by atoms with Crippen LogP contribution in [0.15, 0.2) is 54.9 Å². The summed E-state index contributed by atoms with van der Waals surface area (Å²) in [6.45, 7) is 5.63. The van der Waals surface area contributed by atoms with Gasteiger partial charge in [0, 0.05) is 60.1 Å². The molecular weight excluding hydrogens is 492 g/mol. The molecule has 1 fully saturated rings. The minimum Gasteiger partial charge on any atom is -0.379 e. The van der Waals surface area contributed by atoms with Gasteiger partial charge in [0.15, 0.2) is 0 Å². The van der Waals surface area contributed by atoms with Crippen LogP contribution in [-0.2, 0) is 20.7 Å². The highest BCUT2D eigenvalue weighted by atomic mass is 35.5. The zero-order valence-electron chi connectivity index (χ0n) is 20.5. The summed E-state index contributed by atoms with van der Waals surface area (Å²) < 4.78 is 5.34. The second-order valence-electron chi connectivity index (χ2n) is 9.03. The molecule has 2 N–H and O–H groups in total. The third-order valence-electron chi connectivity index (χ3n) is 6.52. The average Bonchev–Trinajstić information content (AvgIpc) is 3.33. The zero-order valence-corrected chi connectivity index (χ0v) is 21.2. The molecule has 0 radical (unpaired) electrons. The van der Waals surface area contributed by atoms with Gasteiger partial charge in [-0.1, -0.05) is 17.7 Å². The number of amides is 2. The van der Waals surface area contributed by atoms with E-state index in [9.17, 15) is 9.59 Å². The second-order valence-corrected chi connectivity index (χ2v) is 9.46. The van der Waals surface area contributed by atoms with Gasteiger partial charge in [0.1, 0.15) is 12.1 Å². The van der Waals surface area contributed by atoms with Crippen LogP contribution in [0.4, 0.5) is 17.2 Å². The highest BCUT2D eigenvalue weighted by molar-refractivity contribution is 6.31. The van der Waals surface area contributed by atoms with Crippen molar-refractivity contribution in [3.05, 3.63) is 65.5 Å². The number of benzene rings is 2. The summed E-state index contributed by atoms with van der Waals surface area (Å²) in [6.07, 6.45) is 5.78. The number of morpholine rings is 1. The molecule has 5 rings (SSSR count). The van der Waals surface area contributed by atoms with E-state index in [-0.39, 0.29) is 11.8 Å². The van der Waals surface area contributed by atoms with Crippen LogP contribution in [0.1, 0.15) is 12.0 Å². The van der Waals surface area contributed by atoms with E-state index in [4.69, 9.17) is 16.3 Å². The molecule has 2 aliphatic heterocycles. The summed E-state index contributed by atoms with van der Waals surface area (Å²) >= 11 is 6.25. The van der Waals surface area contributed by atoms with E-state index >= 15 is 0 Å². The van der Waals surface area contributed by atoms with Crippen LogP contribution in [0.3, 0.4) is 0 Å². The Labute approximate surface area is 220 Å². The Balaban J connectivity index is 1.19. The van der Waals surface area contributed by atoms with Gasteiger partial charge in [0.05, 0.1) is 18.7 Å². The van der Waals surface area contributed by atoms with Crippen molar-refractivity contribution in [1.29, 1.82) is 0 Å². The van der Waals surface area contributed by atoms with Crippen LogP contribution in [0.25, 0.3) is 10.9 Å². The molecular formula is C27H29ClN6O3. The number of nitrogens with zero attached hydrogens (tertiary/aromatic N) is 4. The summed E-state index contributed by atoms with van der Waals surface area (Å²) in [5, 5.41) is 7.13. The van der Waals surface area contributed by atoms with Crippen LogP contribution in [0, 0.1) is 0 Å². The molecule has 3 heterocycles. The van der Waals surface area contributed by atoms with E-state index in [0.717, 1.165) is 74.6 Å². The first kappa shape index (κ1) is 25.1. The Bertz CT molecular complexity index is 1320. The van der Waals surface area contributed by atoms with Crippen molar-refractivity contribution in [1.82, 2.24) is 20.2 Å². The van der Waals surface area contributed by atoms with Crippen LogP contribution >= 0.6 is 11.6 Å². The van der Waals surface area contributed by atoms with Gasteiger partial charge in [0.25, 0.3) is 0 Å². The number of carbonyl (C=O) groups is 2. The van der Waals surface area contributed by atoms with E-state index in [2.05, 4.69) is 30.4 Å². The van der Waals surface area contributed by atoms with Gasteiger partial charge >= 0.3 is 0 Å². The zero-order chi connectivity index (χ0) is 25.6. The van der Waals surface area contributed by atoms with Crippen LogP contribution in [0.2, 0.25) is 5.02 Å². The first-order valence-electron chi connectivity index (χ1n) is 12.4. The highest BCUT2D eigenvalue weighted by Crippen LogP contribution is 2.38. The summed E-state index contributed by atoms with van der Waals surface area (Å²) in [5.41, 5.74) is 3.60. The Kier molecular flexibility index (Phi) is 7.93. The number of hydrogen-bond donors (Lipinski definition) is 2. The molecule has 0 spiro atoms. The molecule has 2 aromatic carbocycles. The third kappa shape index (κ3) is 6.25. The molecule has 37 heavy (non-hydrogen) atoms. The lowest BCUT2D eigenvalue weighted by Crippen LogP contribution is -2.38. The quantitative estimate of drug-likeness (QED) is 0.347. The molecule has 2 aliphatic rings. The van der Waals surface area contributed by atoms with E-state index in [0.29, 0.717) is 17.3 Å². The number of anilines is 3.